The molecule has 2 aromatic rings. The molecule has 0 saturated carbocycles. The lowest BCUT2D eigenvalue weighted by atomic mass is 9.96. The van der Waals surface area contributed by atoms with E-state index in [1.807, 2.05) is 0 Å². The lowest BCUT2D eigenvalue weighted by Crippen LogP contribution is -2.47. The zero-order valence-electron chi connectivity index (χ0n) is 17.6. The maximum atomic E-state index is 9.97. The highest BCUT2D eigenvalue weighted by atomic mass is 16.3. The van der Waals surface area contributed by atoms with Gasteiger partial charge in [0.25, 0.3) is 0 Å². The number of hydrogen-bond donors (Lipinski definition) is 1. The van der Waals surface area contributed by atoms with Crippen LogP contribution in [0.3, 0.4) is 0 Å². The minimum Gasteiger partial charge on any atom is -0.396 e. The van der Waals surface area contributed by atoms with Crippen LogP contribution in [0.4, 0.5) is 0 Å². The van der Waals surface area contributed by atoms with Crippen molar-refractivity contribution in [1.29, 1.82) is 0 Å². The van der Waals surface area contributed by atoms with Gasteiger partial charge >= 0.3 is 0 Å². The third kappa shape index (κ3) is 3.99. The van der Waals surface area contributed by atoms with Gasteiger partial charge in [-0.3, -0.25) is 4.90 Å². The topological polar surface area (TPSA) is 30.0 Å². The van der Waals surface area contributed by atoms with E-state index < -0.39 is 0 Å². The Kier molecular flexibility index (Phi) is 5.44. The van der Waals surface area contributed by atoms with E-state index in [2.05, 4.69) is 64.2 Å². The van der Waals surface area contributed by atoms with Gasteiger partial charge in [-0.05, 0) is 53.1 Å². The molecular formula is C25H33N3O. The summed E-state index contributed by atoms with van der Waals surface area (Å²) >= 11 is 0. The quantitative estimate of drug-likeness (QED) is 0.724. The summed E-state index contributed by atoms with van der Waals surface area (Å²) < 4.78 is 0. The van der Waals surface area contributed by atoms with Gasteiger partial charge in [0.05, 0.1) is 0 Å². The van der Waals surface area contributed by atoms with E-state index in [-0.39, 0.29) is 0 Å². The molecule has 0 unspecified atom stereocenters. The van der Waals surface area contributed by atoms with E-state index >= 15 is 0 Å². The number of piperazine rings is 1. The smallest absolute Gasteiger partial charge is 0.0475 e. The van der Waals surface area contributed by atoms with Crippen LogP contribution in [0.25, 0.3) is 11.1 Å². The highest BCUT2D eigenvalue weighted by Gasteiger charge is 2.34. The van der Waals surface area contributed by atoms with Crippen LogP contribution in [-0.4, -0.2) is 79.3 Å². The fraction of sp³-hybridized carbons (Fsp3) is 0.520. The number of nitrogens with zero attached hydrogens (tertiary/aromatic N) is 3. The highest BCUT2D eigenvalue weighted by Crippen LogP contribution is 2.37. The van der Waals surface area contributed by atoms with Crippen molar-refractivity contribution in [3.05, 3.63) is 59.2 Å². The number of likely N-dealkylation sites (N-methyl/N-ethyl adjacent to an activating group) is 1. The second kappa shape index (κ2) is 8.19. The van der Waals surface area contributed by atoms with Gasteiger partial charge in [0.2, 0.25) is 0 Å². The van der Waals surface area contributed by atoms with Crippen molar-refractivity contribution in [2.75, 3.05) is 59.5 Å². The predicted molar refractivity (Wildman–Crippen MR) is 118 cm³/mol. The van der Waals surface area contributed by atoms with E-state index in [1.165, 1.54) is 27.8 Å². The predicted octanol–water partition coefficient (Wildman–Crippen LogP) is 2.55. The van der Waals surface area contributed by atoms with Crippen LogP contribution >= 0.6 is 0 Å². The average molecular weight is 392 g/mol. The van der Waals surface area contributed by atoms with E-state index in [0.29, 0.717) is 18.4 Å². The Balaban J connectivity index is 1.23. The Labute approximate surface area is 174 Å². The molecule has 1 N–H and O–H groups in total. The Hall–Kier alpha value is -1.72. The maximum absolute atomic E-state index is 9.97. The number of likely N-dealkylation sites (tertiary alicyclic amines) is 1. The van der Waals surface area contributed by atoms with Gasteiger partial charge in [0.1, 0.15) is 0 Å². The molecule has 29 heavy (non-hydrogen) atoms. The zero-order chi connectivity index (χ0) is 19.8. The fourth-order valence-electron chi connectivity index (χ4n) is 5.50. The summed E-state index contributed by atoms with van der Waals surface area (Å²) in [6.07, 6.45) is 1.06. The number of rotatable bonds is 5. The third-order valence-electron chi connectivity index (χ3n) is 7.24. The lowest BCUT2D eigenvalue weighted by molar-refractivity contribution is 0.116. The number of aliphatic hydroxyl groups is 1. The molecule has 2 aromatic carbocycles. The molecular weight excluding hydrogens is 358 g/mol. The van der Waals surface area contributed by atoms with E-state index in [9.17, 15) is 5.11 Å². The van der Waals surface area contributed by atoms with Gasteiger partial charge in [-0.25, -0.2) is 0 Å². The van der Waals surface area contributed by atoms with Crippen LogP contribution in [0.5, 0.6) is 0 Å². The molecule has 3 aliphatic rings. The average Bonchev–Trinajstić information content (AvgIpc) is 3.29. The van der Waals surface area contributed by atoms with Crippen molar-refractivity contribution in [1.82, 2.24) is 14.7 Å². The van der Waals surface area contributed by atoms with Crippen LogP contribution in [-0.2, 0) is 13.0 Å². The monoisotopic (exact) mass is 391 g/mol. The van der Waals surface area contributed by atoms with Gasteiger partial charge in [0.15, 0.2) is 0 Å². The summed E-state index contributed by atoms with van der Waals surface area (Å²) in [5.74, 6) is 0.996. The first-order chi connectivity index (χ1) is 14.2. The fourth-order valence-corrected chi connectivity index (χ4v) is 5.50. The molecule has 2 aliphatic heterocycles. The van der Waals surface area contributed by atoms with Gasteiger partial charge in [0, 0.05) is 59.0 Å². The van der Waals surface area contributed by atoms with Crippen molar-refractivity contribution in [3.8, 4) is 11.1 Å². The Bertz CT molecular complexity index is 859. The summed E-state index contributed by atoms with van der Waals surface area (Å²) in [6.45, 7) is 9.23. The Morgan fingerprint density at radius 1 is 0.862 bits per heavy atom. The van der Waals surface area contributed by atoms with Gasteiger partial charge in [-0.2, -0.15) is 0 Å². The third-order valence-corrected chi connectivity index (χ3v) is 7.24. The summed E-state index contributed by atoms with van der Waals surface area (Å²) in [4.78, 5) is 7.57. The van der Waals surface area contributed by atoms with E-state index in [0.717, 1.165) is 58.8 Å². The lowest BCUT2D eigenvalue weighted by Gasteiger charge is -2.34. The van der Waals surface area contributed by atoms with Crippen molar-refractivity contribution < 1.29 is 5.11 Å². The second-order valence-electron chi connectivity index (χ2n) is 9.33. The normalized spacial score (nSPS) is 25.3. The molecule has 4 nitrogen and oxygen atoms in total. The van der Waals surface area contributed by atoms with Gasteiger partial charge < -0.3 is 14.9 Å². The molecule has 1 aliphatic carbocycles. The maximum Gasteiger partial charge on any atom is 0.0475 e. The molecule has 5 rings (SSSR count). The molecule has 0 aromatic heterocycles. The standard InChI is InChI=1S/C25H33N3O/c1-26-8-10-27(11-9-26)15-22-16-28(17-23(22)18-29)14-19-6-7-25-21(12-19)13-20-4-2-3-5-24(20)25/h2-7,12,22-23,29H,8-11,13-18H2,1H3/t22-,23-/m1/s1. The first-order valence-corrected chi connectivity index (χ1v) is 11.1. The first kappa shape index (κ1) is 19.3. The summed E-state index contributed by atoms with van der Waals surface area (Å²) in [5.41, 5.74) is 7.15. The largest absolute Gasteiger partial charge is 0.396 e. The number of fused-ring (bicyclic) bond motifs is 3. The number of aliphatic hydroxyl groups excluding tert-OH is 1. The number of hydrogen-bond acceptors (Lipinski definition) is 4. The Morgan fingerprint density at radius 2 is 1.62 bits per heavy atom. The minimum atomic E-state index is 0.314. The molecule has 2 saturated heterocycles. The van der Waals surface area contributed by atoms with Crippen LogP contribution in [0.1, 0.15) is 16.7 Å². The SMILES string of the molecule is CN1CCN(C[C@@H]2CN(Cc3ccc4c(c3)Cc3ccccc3-4)C[C@@H]2CO)CC1. The number of benzene rings is 2. The summed E-state index contributed by atoms with van der Waals surface area (Å²) in [5, 5.41) is 9.97. The van der Waals surface area contributed by atoms with Crippen LogP contribution in [0.15, 0.2) is 42.5 Å². The van der Waals surface area contributed by atoms with Crippen molar-refractivity contribution in [2.45, 2.75) is 13.0 Å². The van der Waals surface area contributed by atoms with Crippen LogP contribution in [0.2, 0.25) is 0 Å². The van der Waals surface area contributed by atoms with Crippen LogP contribution in [0, 0.1) is 11.8 Å². The van der Waals surface area contributed by atoms with Gasteiger partial charge in [-0.15, -0.1) is 0 Å². The van der Waals surface area contributed by atoms with Crippen molar-refractivity contribution in [3.63, 3.8) is 0 Å². The molecule has 0 amide bonds. The minimum absolute atomic E-state index is 0.314. The molecule has 0 spiro atoms. The molecule has 4 heteroatoms. The van der Waals surface area contributed by atoms with E-state index in [1.54, 1.807) is 0 Å². The first-order valence-electron chi connectivity index (χ1n) is 11.1. The summed E-state index contributed by atoms with van der Waals surface area (Å²) in [6, 6.07) is 15.8. The summed E-state index contributed by atoms with van der Waals surface area (Å²) in [7, 11) is 2.21. The molecule has 0 radical (unpaired) electrons. The molecule has 0 bridgehead atoms. The molecule has 2 fully saturated rings. The van der Waals surface area contributed by atoms with Crippen molar-refractivity contribution >= 4 is 0 Å². The zero-order valence-corrected chi connectivity index (χ0v) is 17.6. The Morgan fingerprint density at radius 3 is 2.45 bits per heavy atom. The van der Waals surface area contributed by atoms with E-state index in [4.69, 9.17) is 0 Å². The second-order valence-corrected chi connectivity index (χ2v) is 9.33. The van der Waals surface area contributed by atoms with Crippen LogP contribution < -0.4 is 0 Å². The van der Waals surface area contributed by atoms with Crippen molar-refractivity contribution in [2.24, 2.45) is 11.8 Å². The van der Waals surface area contributed by atoms with Gasteiger partial charge in [-0.1, -0.05) is 42.5 Å². The highest BCUT2D eigenvalue weighted by molar-refractivity contribution is 5.76. The molecule has 154 valence electrons. The molecule has 2 heterocycles. The molecule has 2 atom stereocenters.